The molecule has 0 fully saturated rings. The van der Waals surface area contributed by atoms with Crippen molar-refractivity contribution in [1.82, 2.24) is 15.5 Å². The predicted octanol–water partition coefficient (Wildman–Crippen LogP) is 1.29. The maximum absolute atomic E-state index is 13.6. The van der Waals surface area contributed by atoms with E-state index in [2.05, 4.69) is 16.0 Å². The van der Waals surface area contributed by atoms with E-state index in [0.717, 1.165) is 0 Å². The lowest BCUT2D eigenvalue weighted by Crippen LogP contribution is -2.46. The number of fused-ring (bicyclic) bond motifs is 2. The van der Waals surface area contributed by atoms with E-state index in [4.69, 9.17) is 14.2 Å². The quantitative estimate of drug-likeness (QED) is 0.566. The van der Waals surface area contributed by atoms with E-state index in [0.29, 0.717) is 40.5 Å². The Labute approximate surface area is 214 Å². The average Bonchev–Trinajstić information content (AvgIpc) is 2.90. The number of nitrogens with zero attached hydrogens (tertiary/aromatic N) is 1. The van der Waals surface area contributed by atoms with Gasteiger partial charge in [-0.05, 0) is 30.2 Å². The number of carbonyl (C=O) groups is 4. The van der Waals surface area contributed by atoms with Gasteiger partial charge in [0.25, 0.3) is 5.91 Å². The fourth-order valence-electron chi connectivity index (χ4n) is 4.42. The maximum Gasteiger partial charge on any atom is 0.255 e. The Morgan fingerprint density at radius 2 is 1.86 bits per heavy atom. The van der Waals surface area contributed by atoms with Gasteiger partial charge in [-0.1, -0.05) is 12.1 Å². The van der Waals surface area contributed by atoms with Gasteiger partial charge in [0, 0.05) is 25.6 Å². The number of hydrogen-bond donors (Lipinski definition) is 3. The SMILES string of the molecule is COc1ccc2c(c1)OCCNC(=O)CN(C(=O)C1CC(=O)Nc3c(OC)cccc31)CCCNC2=O. The molecule has 196 valence electrons. The van der Waals surface area contributed by atoms with Crippen molar-refractivity contribution < 1.29 is 33.4 Å². The van der Waals surface area contributed by atoms with Crippen LogP contribution in [0.5, 0.6) is 17.2 Å². The summed E-state index contributed by atoms with van der Waals surface area (Å²) in [5.41, 5.74) is 1.44. The van der Waals surface area contributed by atoms with Crippen LogP contribution in [-0.4, -0.2) is 75.5 Å². The van der Waals surface area contributed by atoms with Gasteiger partial charge in [-0.3, -0.25) is 19.2 Å². The summed E-state index contributed by atoms with van der Waals surface area (Å²) in [5, 5.41) is 8.37. The van der Waals surface area contributed by atoms with Crippen molar-refractivity contribution in [2.45, 2.75) is 18.8 Å². The summed E-state index contributed by atoms with van der Waals surface area (Å²) in [6, 6.07) is 10.1. The van der Waals surface area contributed by atoms with Crippen LogP contribution in [0.25, 0.3) is 0 Å². The van der Waals surface area contributed by atoms with Crippen LogP contribution < -0.4 is 30.2 Å². The molecule has 0 aromatic heterocycles. The van der Waals surface area contributed by atoms with Crippen molar-refractivity contribution in [1.29, 1.82) is 0 Å². The van der Waals surface area contributed by atoms with E-state index in [1.807, 2.05) is 0 Å². The fourth-order valence-corrected chi connectivity index (χ4v) is 4.42. The van der Waals surface area contributed by atoms with Gasteiger partial charge in [0.2, 0.25) is 17.7 Å². The molecule has 37 heavy (non-hydrogen) atoms. The van der Waals surface area contributed by atoms with Gasteiger partial charge in [0.05, 0.1) is 44.5 Å². The molecule has 11 heteroatoms. The Morgan fingerprint density at radius 3 is 2.65 bits per heavy atom. The number of rotatable bonds is 3. The normalized spacial score (nSPS) is 18.6. The van der Waals surface area contributed by atoms with Gasteiger partial charge < -0.3 is 35.1 Å². The molecule has 0 saturated heterocycles. The first-order valence-electron chi connectivity index (χ1n) is 12.0. The molecule has 2 aromatic carbocycles. The van der Waals surface area contributed by atoms with E-state index >= 15 is 0 Å². The first-order chi connectivity index (χ1) is 17.9. The molecular weight excluding hydrogens is 480 g/mol. The van der Waals surface area contributed by atoms with Crippen molar-refractivity contribution in [2.75, 3.05) is 52.3 Å². The van der Waals surface area contributed by atoms with Crippen LogP contribution in [0.15, 0.2) is 36.4 Å². The van der Waals surface area contributed by atoms with Crippen LogP contribution in [0.4, 0.5) is 5.69 Å². The second-order valence-electron chi connectivity index (χ2n) is 8.66. The Balaban J connectivity index is 1.53. The minimum Gasteiger partial charge on any atom is -0.497 e. The second-order valence-corrected chi connectivity index (χ2v) is 8.66. The van der Waals surface area contributed by atoms with Crippen LogP contribution in [-0.2, 0) is 14.4 Å². The van der Waals surface area contributed by atoms with Gasteiger partial charge in [-0.25, -0.2) is 0 Å². The molecule has 2 heterocycles. The minimum atomic E-state index is -0.759. The smallest absolute Gasteiger partial charge is 0.255 e. The highest BCUT2D eigenvalue weighted by molar-refractivity contribution is 6.03. The van der Waals surface area contributed by atoms with Crippen LogP contribution in [0.3, 0.4) is 0 Å². The summed E-state index contributed by atoms with van der Waals surface area (Å²) in [5.74, 6) is -0.719. The maximum atomic E-state index is 13.6. The van der Waals surface area contributed by atoms with E-state index in [9.17, 15) is 19.2 Å². The van der Waals surface area contributed by atoms with Crippen LogP contribution in [0.2, 0.25) is 0 Å². The summed E-state index contributed by atoms with van der Waals surface area (Å²) >= 11 is 0. The highest BCUT2D eigenvalue weighted by Crippen LogP contribution is 2.39. The lowest BCUT2D eigenvalue weighted by molar-refractivity contribution is -0.138. The molecule has 2 aromatic rings. The summed E-state index contributed by atoms with van der Waals surface area (Å²) in [7, 11) is 3.01. The summed E-state index contributed by atoms with van der Waals surface area (Å²) in [6.45, 7) is 0.587. The lowest BCUT2D eigenvalue weighted by atomic mass is 9.88. The molecule has 0 aliphatic carbocycles. The molecule has 3 N–H and O–H groups in total. The van der Waals surface area contributed by atoms with Crippen molar-refractivity contribution >= 4 is 29.3 Å². The number of ether oxygens (including phenoxy) is 3. The average molecular weight is 511 g/mol. The Morgan fingerprint density at radius 1 is 1.03 bits per heavy atom. The molecule has 2 aliphatic rings. The lowest BCUT2D eigenvalue weighted by Gasteiger charge is -2.31. The van der Waals surface area contributed by atoms with Gasteiger partial charge in [0.1, 0.15) is 23.9 Å². The number of para-hydroxylation sites is 1. The third-order valence-corrected chi connectivity index (χ3v) is 6.26. The van der Waals surface area contributed by atoms with Gasteiger partial charge in [-0.2, -0.15) is 0 Å². The highest BCUT2D eigenvalue weighted by Gasteiger charge is 2.35. The third kappa shape index (κ3) is 5.93. The predicted molar refractivity (Wildman–Crippen MR) is 134 cm³/mol. The van der Waals surface area contributed by atoms with Gasteiger partial charge in [0.15, 0.2) is 0 Å². The molecule has 1 unspecified atom stereocenters. The van der Waals surface area contributed by atoms with Crippen LogP contribution >= 0.6 is 0 Å². The Kier molecular flexibility index (Phi) is 8.11. The molecule has 0 bridgehead atoms. The standard InChI is InChI=1S/C26H30N4O7/c1-35-16-7-8-18-21(13-16)37-12-10-27-23(32)15-30(11-4-9-28-25(18)33)26(34)19-14-22(31)29-24-17(19)5-3-6-20(24)36-2/h3,5-8,13,19H,4,9-12,14-15H2,1-2H3,(H,27,32)(H,28,33)(H,29,31). The zero-order chi connectivity index (χ0) is 26.4. The molecule has 0 spiro atoms. The zero-order valence-electron chi connectivity index (χ0n) is 20.8. The number of hydrogen-bond acceptors (Lipinski definition) is 7. The van der Waals surface area contributed by atoms with Crippen LogP contribution in [0.1, 0.15) is 34.7 Å². The number of nitrogens with one attached hydrogen (secondary N) is 3. The third-order valence-electron chi connectivity index (χ3n) is 6.26. The molecule has 2 aliphatic heterocycles. The van der Waals surface area contributed by atoms with E-state index in [1.54, 1.807) is 36.4 Å². The van der Waals surface area contributed by atoms with E-state index < -0.39 is 5.92 Å². The molecule has 1 atom stereocenters. The molecular formula is C26H30N4O7. The Hall–Kier alpha value is -4.28. The number of carbonyl (C=O) groups excluding carboxylic acids is 4. The largest absolute Gasteiger partial charge is 0.497 e. The Bertz CT molecular complexity index is 1200. The first-order valence-corrected chi connectivity index (χ1v) is 12.0. The minimum absolute atomic E-state index is 0.0397. The summed E-state index contributed by atoms with van der Waals surface area (Å²) < 4.78 is 16.3. The van der Waals surface area contributed by atoms with Crippen LogP contribution in [0, 0.1) is 0 Å². The highest BCUT2D eigenvalue weighted by atomic mass is 16.5. The summed E-state index contributed by atoms with van der Waals surface area (Å²) in [4.78, 5) is 53.0. The molecule has 0 saturated carbocycles. The van der Waals surface area contributed by atoms with E-state index in [-0.39, 0.29) is 62.8 Å². The van der Waals surface area contributed by atoms with Crippen molar-refractivity contribution in [3.05, 3.63) is 47.5 Å². The fraction of sp³-hybridized carbons (Fsp3) is 0.385. The monoisotopic (exact) mass is 510 g/mol. The summed E-state index contributed by atoms with van der Waals surface area (Å²) in [6.07, 6.45) is 0.364. The zero-order valence-corrected chi connectivity index (χ0v) is 20.8. The number of benzene rings is 2. The molecule has 11 nitrogen and oxygen atoms in total. The topological polar surface area (TPSA) is 135 Å². The van der Waals surface area contributed by atoms with E-state index in [1.165, 1.54) is 19.1 Å². The van der Waals surface area contributed by atoms with Crippen molar-refractivity contribution in [3.63, 3.8) is 0 Å². The molecule has 4 rings (SSSR count). The van der Waals surface area contributed by atoms with Gasteiger partial charge >= 0.3 is 0 Å². The number of amides is 4. The second kappa shape index (κ2) is 11.6. The van der Waals surface area contributed by atoms with Crippen molar-refractivity contribution in [3.8, 4) is 17.2 Å². The van der Waals surface area contributed by atoms with Gasteiger partial charge in [-0.15, -0.1) is 0 Å². The number of anilines is 1. The number of methoxy groups -OCH3 is 2. The first kappa shape index (κ1) is 25.8. The molecule has 0 radical (unpaired) electrons. The molecule has 4 amide bonds. The van der Waals surface area contributed by atoms with Crippen molar-refractivity contribution in [2.24, 2.45) is 0 Å².